The van der Waals surface area contributed by atoms with E-state index in [-0.39, 0.29) is 0 Å². The maximum atomic E-state index is 10.7. The molecular formula is C14H19NO3. The molecule has 1 aliphatic rings. The number of hydrogen-bond acceptors (Lipinski definition) is 3. The monoisotopic (exact) mass is 249 g/mol. The fourth-order valence-corrected chi connectivity index (χ4v) is 2.21. The number of nitrogens with two attached hydrogens (primary N) is 1. The van der Waals surface area contributed by atoms with Crippen molar-refractivity contribution in [3.05, 3.63) is 35.4 Å². The number of benzene rings is 1. The van der Waals surface area contributed by atoms with Crippen LogP contribution in [-0.4, -0.2) is 23.2 Å². The topological polar surface area (TPSA) is 72.5 Å². The van der Waals surface area contributed by atoms with Gasteiger partial charge < -0.3 is 15.6 Å². The number of rotatable bonds is 4. The summed E-state index contributed by atoms with van der Waals surface area (Å²) < 4.78 is 5.81. The van der Waals surface area contributed by atoms with E-state index in [4.69, 9.17) is 15.6 Å². The van der Waals surface area contributed by atoms with Crippen LogP contribution < -0.4 is 5.73 Å². The van der Waals surface area contributed by atoms with Crippen molar-refractivity contribution in [2.75, 3.05) is 0 Å². The second-order valence-corrected chi connectivity index (χ2v) is 4.85. The summed E-state index contributed by atoms with van der Waals surface area (Å²) in [5.41, 5.74) is 7.15. The first-order valence-corrected chi connectivity index (χ1v) is 6.34. The van der Waals surface area contributed by atoms with Gasteiger partial charge in [-0.05, 0) is 43.4 Å². The summed E-state index contributed by atoms with van der Waals surface area (Å²) in [7, 11) is 0. The van der Waals surface area contributed by atoms with Crippen LogP contribution in [-0.2, 0) is 11.3 Å². The van der Waals surface area contributed by atoms with E-state index in [1.54, 1.807) is 24.3 Å². The van der Waals surface area contributed by atoms with Crippen molar-refractivity contribution in [2.24, 2.45) is 5.73 Å². The Bertz CT molecular complexity index is 394. The van der Waals surface area contributed by atoms with Gasteiger partial charge in [-0.3, -0.25) is 0 Å². The quantitative estimate of drug-likeness (QED) is 0.857. The van der Waals surface area contributed by atoms with E-state index in [0.717, 1.165) is 31.2 Å². The van der Waals surface area contributed by atoms with Crippen molar-refractivity contribution in [1.29, 1.82) is 0 Å². The van der Waals surface area contributed by atoms with Crippen LogP contribution in [0.5, 0.6) is 0 Å². The highest BCUT2D eigenvalue weighted by atomic mass is 16.5. The molecule has 0 aromatic heterocycles. The van der Waals surface area contributed by atoms with Crippen molar-refractivity contribution in [3.63, 3.8) is 0 Å². The molecule has 0 unspecified atom stereocenters. The molecule has 0 aliphatic heterocycles. The molecule has 0 atom stereocenters. The van der Waals surface area contributed by atoms with Crippen LogP contribution in [0, 0.1) is 0 Å². The highest BCUT2D eigenvalue weighted by Gasteiger charge is 2.18. The summed E-state index contributed by atoms with van der Waals surface area (Å²) in [6.07, 6.45) is 4.40. The van der Waals surface area contributed by atoms with E-state index in [9.17, 15) is 4.79 Å². The van der Waals surface area contributed by atoms with Gasteiger partial charge in [-0.1, -0.05) is 12.1 Å². The molecule has 0 amide bonds. The minimum Gasteiger partial charge on any atom is -0.478 e. The van der Waals surface area contributed by atoms with Crippen molar-refractivity contribution in [3.8, 4) is 0 Å². The lowest BCUT2D eigenvalue weighted by Gasteiger charge is -2.26. The standard InChI is InChI=1S/C14H19NO3/c15-12-5-7-13(8-6-12)18-9-10-1-3-11(4-2-10)14(16)17/h1-4,12-13H,5-9,15H2,(H,16,17). The third kappa shape index (κ3) is 3.55. The number of carboxylic acids is 1. The Labute approximate surface area is 107 Å². The third-order valence-electron chi connectivity index (χ3n) is 3.41. The molecule has 2 rings (SSSR count). The molecule has 0 bridgehead atoms. The Morgan fingerprint density at radius 1 is 1.22 bits per heavy atom. The molecule has 0 heterocycles. The fourth-order valence-electron chi connectivity index (χ4n) is 2.21. The van der Waals surface area contributed by atoms with E-state index in [2.05, 4.69) is 0 Å². The SMILES string of the molecule is NC1CCC(OCc2ccc(C(=O)O)cc2)CC1. The lowest BCUT2D eigenvalue weighted by molar-refractivity contribution is 0.0138. The van der Waals surface area contributed by atoms with Crippen molar-refractivity contribution < 1.29 is 14.6 Å². The summed E-state index contributed by atoms with van der Waals surface area (Å²) in [5, 5.41) is 8.79. The summed E-state index contributed by atoms with van der Waals surface area (Å²) in [4.78, 5) is 10.7. The van der Waals surface area contributed by atoms with Gasteiger partial charge in [-0.15, -0.1) is 0 Å². The lowest BCUT2D eigenvalue weighted by Crippen LogP contribution is -2.30. The van der Waals surface area contributed by atoms with Crippen molar-refractivity contribution in [2.45, 2.75) is 44.4 Å². The molecule has 98 valence electrons. The maximum absolute atomic E-state index is 10.7. The first-order valence-electron chi connectivity index (χ1n) is 6.34. The molecule has 0 radical (unpaired) electrons. The van der Waals surface area contributed by atoms with Crippen LogP contribution in [0.2, 0.25) is 0 Å². The van der Waals surface area contributed by atoms with Crippen LogP contribution in [0.3, 0.4) is 0 Å². The normalized spacial score (nSPS) is 23.8. The Balaban J connectivity index is 1.81. The molecule has 1 aliphatic carbocycles. The summed E-state index contributed by atoms with van der Waals surface area (Å²) in [6, 6.07) is 7.16. The Hall–Kier alpha value is -1.39. The molecule has 3 N–H and O–H groups in total. The maximum Gasteiger partial charge on any atom is 0.335 e. The van der Waals surface area contributed by atoms with Crippen LogP contribution >= 0.6 is 0 Å². The molecule has 1 saturated carbocycles. The van der Waals surface area contributed by atoms with E-state index >= 15 is 0 Å². The predicted molar refractivity (Wildman–Crippen MR) is 68.4 cm³/mol. The van der Waals surface area contributed by atoms with Gasteiger partial charge in [0.15, 0.2) is 0 Å². The molecule has 4 heteroatoms. The van der Waals surface area contributed by atoms with Crippen LogP contribution in [0.15, 0.2) is 24.3 Å². The van der Waals surface area contributed by atoms with Gasteiger partial charge in [0.1, 0.15) is 0 Å². The highest BCUT2D eigenvalue weighted by molar-refractivity contribution is 5.87. The molecule has 1 aromatic carbocycles. The number of ether oxygens (including phenoxy) is 1. The predicted octanol–water partition coefficient (Wildman–Crippen LogP) is 2.17. The zero-order valence-electron chi connectivity index (χ0n) is 10.3. The summed E-state index contributed by atoms with van der Waals surface area (Å²) in [5.74, 6) is -0.899. The molecule has 1 fully saturated rings. The van der Waals surface area contributed by atoms with Gasteiger partial charge in [-0.2, -0.15) is 0 Å². The average molecular weight is 249 g/mol. The Morgan fingerprint density at radius 2 is 1.83 bits per heavy atom. The summed E-state index contributed by atoms with van der Waals surface area (Å²) in [6.45, 7) is 0.541. The van der Waals surface area contributed by atoms with E-state index in [0.29, 0.717) is 24.3 Å². The molecule has 0 saturated heterocycles. The Morgan fingerprint density at radius 3 is 2.39 bits per heavy atom. The van der Waals surface area contributed by atoms with Gasteiger partial charge in [0.2, 0.25) is 0 Å². The summed E-state index contributed by atoms with van der Waals surface area (Å²) >= 11 is 0. The third-order valence-corrected chi connectivity index (χ3v) is 3.41. The van der Waals surface area contributed by atoms with E-state index in [1.807, 2.05) is 0 Å². The molecule has 4 nitrogen and oxygen atoms in total. The lowest BCUT2D eigenvalue weighted by atomic mass is 9.94. The Kier molecular flexibility index (Phi) is 4.33. The number of hydrogen-bond donors (Lipinski definition) is 2. The first-order chi connectivity index (χ1) is 8.65. The molecule has 0 spiro atoms. The van der Waals surface area contributed by atoms with Gasteiger partial charge in [0.25, 0.3) is 0 Å². The van der Waals surface area contributed by atoms with E-state index in [1.165, 1.54) is 0 Å². The fraction of sp³-hybridized carbons (Fsp3) is 0.500. The second kappa shape index (κ2) is 5.98. The average Bonchev–Trinajstić information content (AvgIpc) is 2.38. The van der Waals surface area contributed by atoms with Crippen molar-refractivity contribution in [1.82, 2.24) is 0 Å². The first kappa shape index (κ1) is 13.1. The smallest absolute Gasteiger partial charge is 0.335 e. The van der Waals surface area contributed by atoms with Gasteiger partial charge in [0, 0.05) is 6.04 Å². The molecular weight excluding hydrogens is 230 g/mol. The highest BCUT2D eigenvalue weighted by Crippen LogP contribution is 2.21. The van der Waals surface area contributed by atoms with Gasteiger partial charge in [-0.25, -0.2) is 4.79 Å². The van der Waals surface area contributed by atoms with Crippen molar-refractivity contribution >= 4 is 5.97 Å². The minimum absolute atomic E-state index is 0.295. The number of carbonyl (C=O) groups is 1. The number of aromatic carboxylic acids is 1. The molecule has 1 aromatic rings. The van der Waals surface area contributed by atoms with E-state index < -0.39 is 5.97 Å². The molecule has 18 heavy (non-hydrogen) atoms. The van der Waals surface area contributed by atoms with Gasteiger partial charge in [0.05, 0.1) is 18.3 Å². The van der Waals surface area contributed by atoms with Crippen LogP contribution in [0.1, 0.15) is 41.6 Å². The zero-order valence-corrected chi connectivity index (χ0v) is 10.3. The van der Waals surface area contributed by atoms with Gasteiger partial charge >= 0.3 is 5.97 Å². The largest absolute Gasteiger partial charge is 0.478 e. The number of carboxylic acid groups (broad SMARTS) is 1. The second-order valence-electron chi connectivity index (χ2n) is 4.85. The van der Waals surface area contributed by atoms with Crippen LogP contribution in [0.4, 0.5) is 0 Å². The zero-order chi connectivity index (χ0) is 13.0. The van der Waals surface area contributed by atoms with Crippen LogP contribution in [0.25, 0.3) is 0 Å². The minimum atomic E-state index is -0.899.